The average Bonchev–Trinajstić information content (AvgIpc) is 2.73. The SMILES string of the molecule is O=C(CN(c1cccc(Cl)c1)S(=O)(=O)c1ccccc1)Nc1cc(C(F)(F)F)ccc1Cl. The first-order valence-corrected chi connectivity index (χ1v) is 11.2. The summed E-state index contributed by atoms with van der Waals surface area (Å²) in [5, 5.41) is 2.35. The first-order valence-electron chi connectivity index (χ1n) is 8.98. The lowest BCUT2D eigenvalue weighted by Gasteiger charge is -2.24. The van der Waals surface area contributed by atoms with Gasteiger partial charge in [0.25, 0.3) is 10.0 Å². The van der Waals surface area contributed by atoms with E-state index in [0.717, 1.165) is 16.4 Å². The van der Waals surface area contributed by atoms with Crippen molar-refractivity contribution in [2.75, 3.05) is 16.2 Å². The molecule has 0 aliphatic rings. The summed E-state index contributed by atoms with van der Waals surface area (Å²) in [6, 6.07) is 15.7. The van der Waals surface area contributed by atoms with Gasteiger partial charge in [-0.1, -0.05) is 47.5 Å². The normalized spacial score (nSPS) is 11.8. The Balaban J connectivity index is 1.95. The number of rotatable bonds is 6. The number of anilines is 2. The predicted octanol–water partition coefficient (Wildman–Crippen LogP) is 5.85. The molecule has 0 aromatic heterocycles. The molecule has 1 N–H and O–H groups in total. The zero-order valence-corrected chi connectivity index (χ0v) is 18.4. The molecule has 0 heterocycles. The standard InChI is InChI=1S/C21H15Cl2F3N2O3S/c22-15-5-4-6-16(12-15)28(32(30,31)17-7-2-1-3-8-17)13-20(29)27-19-11-14(21(24,25)26)9-10-18(19)23/h1-12H,13H2,(H,27,29). The van der Waals surface area contributed by atoms with E-state index in [-0.39, 0.29) is 26.3 Å². The van der Waals surface area contributed by atoms with Crippen LogP contribution in [0.2, 0.25) is 10.0 Å². The summed E-state index contributed by atoms with van der Waals surface area (Å²) >= 11 is 11.9. The Labute approximate surface area is 192 Å². The minimum absolute atomic E-state index is 0.0788. The van der Waals surface area contributed by atoms with Gasteiger partial charge in [-0.2, -0.15) is 13.2 Å². The fourth-order valence-corrected chi connectivity index (χ4v) is 4.57. The third-order valence-electron chi connectivity index (χ3n) is 4.28. The van der Waals surface area contributed by atoms with Gasteiger partial charge in [-0.15, -0.1) is 0 Å². The number of benzene rings is 3. The summed E-state index contributed by atoms with van der Waals surface area (Å²) in [7, 11) is -4.20. The lowest BCUT2D eigenvalue weighted by molar-refractivity contribution is -0.137. The highest BCUT2D eigenvalue weighted by molar-refractivity contribution is 7.92. The third kappa shape index (κ3) is 5.53. The zero-order chi connectivity index (χ0) is 23.5. The number of alkyl halides is 3. The first kappa shape index (κ1) is 23.9. The zero-order valence-electron chi connectivity index (χ0n) is 16.1. The van der Waals surface area contributed by atoms with Crippen LogP contribution in [0.3, 0.4) is 0 Å². The monoisotopic (exact) mass is 502 g/mol. The molecular weight excluding hydrogens is 488 g/mol. The molecule has 32 heavy (non-hydrogen) atoms. The Bertz CT molecular complexity index is 1240. The molecule has 5 nitrogen and oxygen atoms in total. The summed E-state index contributed by atoms with van der Waals surface area (Å²) in [6.07, 6.45) is -4.65. The summed E-state index contributed by atoms with van der Waals surface area (Å²) in [5.74, 6) is -0.897. The van der Waals surface area contributed by atoms with Crippen molar-refractivity contribution < 1.29 is 26.4 Å². The quantitative estimate of drug-likeness (QED) is 0.459. The summed E-state index contributed by atoms with van der Waals surface area (Å²) in [5.41, 5.74) is -1.21. The average molecular weight is 503 g/mol. The second-order valence-electron chi connectivity index (χ2n) is 6.55. The molecule has 11 heteroatoms. The van der Waals surface area contributed by atoms with Crippen LogP contribution in [0, 0.1) is 0 Å². The van der Waals surface area contributed by atoms with Gasteiger partial charge in [0.15, 0.2) is 0 Å². The number of hydrogen-bond donors (Lipinski definition) is 1. The van der Waals surface area contributed by atoms with E-state index in [1.165, 1.54) is 48.5 Å². The highest BCUT2D eigenvalue weighted by Gasteiger charge is 2.32. The Hall–Kier alpha value is -2.75. The van der Waals surface area contributed by atoms with E-state index >= 15 is 0 Å². The van der Waals surface area contributed by atoms with Crippen molar-refractivity contribution in [3.8, 4) is 0 Å². The molecule has 0 spiro atoms. The summed E-state index contributed by atoms with van der Waals surface area (Å²) in [4.78, 5) is 12.6. The van der Waals surface area contributed by atoms with Crippen molar-refractivity contribution in [2.45, 2.75) is 11.1 Å². The van der Waals surface area contributed by atoms with Crippen LogP contribution in [0.15, 0.2) is 77.7 Å². The number of amides is 1. The van der Waals surface area contributed by atoms with Gasteiger partial charge in [0, 0.05) is 5.02 Å². The maximum absolute atomic E-state index is 13.2. The minimum Gasteiger partial charge on any atom is -0.323 e. The van der Waals surface area contributed by atoms with E-state index in [1.807, 2.05) is 0 Å². The molecule has 0 saturated heterocycles. The molecule has 0 bridgehead atoms. The van der Waals surface area contributed by atoms with Gasteiger partial charge in [0.2, 0.25) is 5.91 Å². The van der Waals surface area contributed by atoms with Crippen molar-refractivity contribution in [1.29, 1.82) is 0 Å². The topological polar surface area (TPSA) is 66.5 Å². The van der Waals surface area contributed by atoms with E-state index in [2.05, 4.69) is 5.32 Å². The van der Waals surface area contributed by atoms with Crippen LogP contribution in [-0.2, 0) is 21.0 Å². The van der Waals surface area contributed by atoms with Crippen LogP contribution in [0.5, 0.6) is 0 Å². The second kappa shape index (κ2) is 9.40. The van der Waals surface area contributed by atoms with Gasteiger partial charge >= 0.3 is 6.18 Å². The Kier molecular flexibility index (Phi) is 7.02. The molecule has 0 aliphatic carbocycles. The maximum Gasteiger partial charge on any atom is 0.416 e. The van der Waals surface area contributed by atoms with Crippen molar-refractivity contribution in [1.82, 2.24) is 0 Å². The fourth-order valence-electron chi connectivity index (χ4n) is 2.78. The molecule has 168 valence electrons. The van der Waals surface area contributed by atoms with E-state index < -0.39 is 34.2 Å². The van der Waals surface area contributed by atoms with Crippen LogP contribution >= 0.6 is 23.2 Å². The van der Waals surface area contributed by atoms with E-state index in [1.54, 1.807) is 6.07 Å². The molecule has 1 amide bonds. The first-order chi connectivity index (χ1) is 15.0. The van der Waals surface area contributed by atoms with Gasteiger partial charge in [-0.25, -0.2) is 8.42 Å². The summed E-state index contributed by atoms with van der Waals surface area (Å²) in [6.45, 7) is -0.732. The molecule has 0 atom stereocenters. The second-order valence-corrected chi connectivity index (χ2v) is 9.25. The van der Waals surface area contributed by atoms with Crippen LogP contribution in [0.4, 0.5) is 24.5 Å². The minimum atomic E-state index is -4.65. The molecule has 3 aromatic carbocycles. The van der Waals surface area contributed by atoms with Crippen LogP contribution in [0.1, 0.15) is 5.56 Å². The van der Waals surface area contributed by atoms with Crippen molar-refractivity contribution in [2.24, 2.45) is 0 Å². The van der Waals surface area contributed by atoms with Crippen molar-refractivity contribution >= 4 is 50.5 Å². The van der Waals surface area contributed by atoms with Gasteiger partial charge in [-0.3, -0.25) is 9.10 Å². The Morgan fingerprint density at radius 3 is 2.25 bits per heavy atom. The predicted molar refractivity (Wildman–Crippen MR) is 118 cm³/mol. The van der Waals surface area contributed by atoms with Crippen LogP contribution in [-0.4, -0.2) is 20.9 Å². The van der Waals surface area contributed by atoms with E-state index in [4.69, 9.17) is 23.2 Å². The van der Waals surface area contributed by atoms with Crippen LogP contribution < -0.4 is 9.62 Å². The van der Waals surface area contributed by atoms with Gasteiger partial charge in [0.1, 0.15) is 6.54 Å². The number of nitrogens with zero attached hydrogens (tertiary/aromatic N) is 1. The van der Waals surface area contributed by atoms with Crippen LogP contribution in [0.25, 0.3) is 0 Å². The lowest BCUT2D eigenvalue weighted by atomic mass is 10.2. The van der Waals surface area contributed by atoms with Crippen molar-refractivity contribution in [3.05, 3.63) is 88.4 Å². The van der Waals surface area contributed by atoms with Crippen molar-refractivity contribution in [3.63, 3.8) is 0 Å². The molecule has 0 unspecified atom stereocenters. The maximum atomic E-state index is 13.2. The highest BCUT2D eigenvalue weighted by Crippen LogP contribution is 2.34. The number of sulfonamides is 1. The smallest absolute Gasteiger partial charge is 0.323 e. The fraction of sp³-hybridized carbons (Fsp3) is 0.0952. The number of halogens is 5. The molecule has 0 fully saturated rings. The third-order valence-corrected chi connectivity index (χ3v) is 6.64. The number of carbonyl (C=O) groups excluding carboxylic acids is 1. The summed E-state index contributed by atoms with van der Waals surface area (Å²) < 4.78 is 66.2. The highest BCUT2D eigenvalue weighted by atomic mass is 35.5. The van der Waals surface area contributed by atoms with Gasteiger partial charge in [-0.05, 0) is 48.5 Å². The molecule has 0 saturated carbocycles. The molecule has 3 aromatic rings. The number of nitrogens with one attached hydrogen (secondary N) is 1. The van der Waals surface area contributed by atoms with E-state index in [9.17, 15) is 26.4 Å². The Morgan fingerprint density at radius 2 is 1.62 bits per heavy atom. The molecule has 3 rings (SSSR count). The van der Waals surface area contributed by atoms with Gasteiger partial charge < -0.3 is 5.32 Å². The Morgan fingerprint density at radius 1 is 0.938 bits per heavy atom. The van der Waals surface area contributed by atoms with E-state index in [0.29, 0.717) is 6.07 Å². The molecule has 0 aliphatic heterocycles. The number of carbonyl (C=O) groups is 1. The molecule has 0 radical (unpaired) electrons. The molecular formula is C21H15Cl2F3N2O3S. The lowest BCUT2D eigenvalue weighted by Crippen LogP contribution is -2.38. The number of hydrogen-bond acceptors (Lipinski definition) is 3. The largest absolute Gasteiger partial charge is 0.416 e. The van der Waals surface area contributed by atoms with Gasteiger partial charge in [0.05, 0.1) is 26.9 Å².